The fourth-order valence-electron chi connectivity index (χ4n) is 2.04. The maximum Gasteiger partial charge on any atom is 0.340 e. The Hall–Kier alpha value is -3.06. The van der Waals surface area contributed by atoms with Gasteiger partial charge in [-0.3, -0.25) is 10.2 Å². The molecule has 2 aromatic carbocycles. The number of anilines is 1. The number of ether oxygens (including phenoxy) is 1. The molecule has 0 aliphatic heterocycles. The lowest BCUT2D eigenvalue weighted by Crippen LogP contribution is -2.29. The number of nitrogens with zero attached hydrogens (tertiary/aromatic N) is 2. The molecule has 3 rings (SSSR count). The summed E-state index contributed by atoms with van der Waals surface area (Å²) < 4.78 is 10.4. The van der Waals surface area contributed by atoms with Gasteiger partial charge in [-0.15, -0.1) is 0 Å². The van der Waals surface area contributed by atoms with Crippen LogP contribution in [0.5, 0.6) is 5.75 Å². The molecule has 0 saturated heterocycles. The zero-order valence-electron chi connectivity index (χ0n) is 13.3. The van der Waals surface area contributed by atoms with Gasteiger partial charge in [0.05, 0.1) is 6.61 Å². The van der Waals surface area contributed by atoms with Crippen molar-refractivity contribution in [3.05, 3.63) is 59.1 Å². The number of amides is 1. The Labute approximate surface area is 148 Å². The molecule has 0 saturated carbocycles. The topological polar surface area (TPSA) is 89.3 Å². The summed E-state index contributed by atoms with van der Waals surface area (Å²) in [5.74, 6) is 0.750. The first-order valence-electron chi connectivity index (χ1n) is 7.54. The van der Waals surface area contributed by atoms with Crippen molar-refractivity contribution in [3.8, 4) is 17.1 Å². The molecule has 1 amide bonds. The van der Waals surface area contributed by atoms with Crippen molar-refractivity contribution in [3.63, 3.8) is 0 Å². The Bertz CT molecular complexity index is 847. The van der Waals surface area contributed by atoms with E-state index in [1.807, 2.05) is 6.92 Å². The molecule has 2 N–H and O–H groups in total. The monoisotopic (exact) mass is 358 g/mol. The predicted molar refractivity (Wildman–Crippen MR) is 93.4 cm³/mol. The van der Waals surface area contributed by atoms with Crippen molar-refractivity contribution in [1.82, 2.24) is 15.6 Å². The number of aromatic nitrogens is 2. The van der Waals surface area contributed by atoms with Gasteiger partial charge in [0.15, 0.2) is 0 Å². The lowest BCUT2D eigenvalue weighted by Gasteiger charge is -2.06. The summed E-state index contributed by atoms with van der Waals surface area (Å²) in [5, 5.41) is 4.46. The maximum atomic E-state index is 12.1. The maximum absolute atomic E-state index is 12.1. The number of rotatable bonds is 6. The molecule has 1 heterocycles. The smallest absolute Gasteiger partial charge is 0.340 e. The minimum Gasteiger partial charge on any atom is -0.494 e. The van der Waals surface area contributed by atoms with Gasteiger partial charge in [-0.2, -0.15) is 4.98 Å². The van der Waals surface area contributed by atoms with Crippen LogP contribution in [0, 0.1) is 0 Å². The fraction of sp³-hybridized carbons (Fsp3) is 0.118. The molecule has 0 radical (unpaired) electrons. The van der Waals surface area contributed by atoms with E-state index in [-0.39, 0.29) is 11.9 Å². The summed E-state index contributed by atoms with van der Waals surface area (Å²) in [6.07, 6.45) is 0. The van der Waals surface area contributed by atoms with Crippen molar-refractivity contribution in [2.75, 3.05) is 12.0 Å². The van der Waals surface area contributed by atoms with E-state index in [1.54, 1.807) is 48.5 Å². The third-order valence-corrected chi connectivity index (χ3v) is 3.49. The van der Waals surface area contributed by atoms with Crippen molar-refractivity contribution >= 4 is 23.5 Å². The van der Waals surface area contributed by atoms with Crippen LogP contribution in [0.3, 0.4) is 0 Å². The van der Waals surface area contributed by atoms with Crippen molar-refractivity contribution in [2.24, 2.45) is 0 Å². The molecule has 128 valence electrons. The molecule has 0 aliphatic carbocycles. The fourth-order valence-corrected chi connectivity index (χ4v) is 2.17. The summed E-state index contributed by atoms with van der Waals surface area (Å²) in [5.41, 5.74) is 6.30. The molecule has 7 nitrogen and oxygen atoms in total. The van der Waals surface area contributed by atoms with Crippen LogP contribution in [0.15, 0.2) is 53.1 Å². The molecule has 0 spiro atoms. The Morgan fingerprint density at radius 2 is 1.88 bits per heavy atom. The van der Waals surface area contributed by atoms with Crippen LogP contribution >= 0.6 is 11.6 Å². The van der Waals surface area contributed by atoms with Crippen LogP contribution in [-0.2, 0) is 0 Å². The minimum absolute atomic E-state index is 0.0734. The van der Waals surface area contributed by atoms with Crippen molar-refractivity contribution < 1.29 is 14.1 Å². The number of hydrazine groups is 1. The van der Waals surface area contributed by atoms with E-state index < -0.39 is 0 Å². The van der Waals surface area contributed by atoms with Crippen LogP contribution in [0.4, 0.5) is 6.01 Å². The molecule has 1 aromatic heterocycles. The van der Waals surface area contributed by atoms with Gasteiger partial charge < -0.3 is 9.26 Å². The van der Waals surface area contributed by atoms with Gasteiger partial charge in [0.25, 0.3) is 5.91 Å². The van der Waals surface area contributed by atoms with Gasteiger partial charge in [0.2, 0.25) is 5.82 Å². The zero-order valence-corrected chi connectivity index (χ0v) is 14.1. The summed E-state index contributed by atoms with van der Waals surface area (Å²) in [7, 11) is 0. The second-order valence-electron chi connectivity index (χ2n) is 4.97. The number of hydrogen-bond acceptors (Lipinski definition) is 6. The number of nitrogens with one attached hydrogen (secondary N) is 2. The highest BCUT2D eigenvalue weighted by molar-refractivity contribution is 6.30. The first kappa shape index (κ1) is 16.8. The van der Waals surface area contributed by atoms with E-state index >= 15 is 0 Å². The third-order valence-electron chi connectivity index (χ3n) is 3.24. The minimum atomic E-state index is -0.339. The molecule has 0 fully saturated rings. The molecule has 0 bridgehead atoms. The highest BCUT2D eigenvalue weighted by Gasteiger charge is 2.10. The highest BCUT2D eigenvalue weighted by Crippen LogP contribution is 2.19. The van der Waals surface area contributed by atoms with Crippen molar-refractivity contribution in [2.45, 2.75) is 6.92 Å². The van der Waals surface area contributed by atoms with Gasteiger partial charge in [-0.25, -0.2) is 5.43 Å². The van der Waals surface area contributed by atoms with E-state index in [0.29, 0.717) is 28.8 Å². The SMILES string of the molecule is CCOc1ccc(C(=O)NNc2nc(-c3ccc(Cl)cc3)no2)cc1. The lowest BCUT2D eigenvalue weighted by molar-refractivity contribution is 0.0961. The Kier molecular flexibility index (Phi) is 5.15. The Balaban J connectivity index is 1.60. The average Bonchev–Trinajstić information content (AvgIpc) is 3.10. The lowest BCUT2D eigenvalue weighted by atomic mass is 10.2. The van der Waals surface area contributed by atoms with Gasteiger partial charge >= 0.3 is 6.01 Å². The van der Waals surface area contributed by atoms with Gasteiger partial charge in [-0.05, 0) is 55.5 Å². The molecule has 3 aromatic rings. The van der Waals surface area contributed by atoms with E-state index in [9.17, 15) is 4.79 Å². The molecule has 0 unspecified atom stereocenters. The van der Waals surface area contributed by atoms with Gasteiger partial charge in [-0.1, -0.05) is 16.8 Å². The van der Waals surface area contributed by atoms with Gasteiger partial charge in [0.1, 0.15) is 5.75 Å². The first-order chi connectivity index (χ1) is 12.2. The molecule has 8 heteroatoms. The van der Waals surface area contributed by atoms with E-state index in [4.69, 9.17) is 20.9 Å². The number of halogens is 1. The molecule has 25 heavy (non-hydrogen) atoms. The van der Waals surface area contributed by atoms with Crippen LogP contribution in [0.2, 0.25) is 5.02 Å². The van der Waals surface area contributed by atoms with Crippen LogP contribution < -0.4 is 15.6 Å². The van der Waals surface area contributed by atoms with E-state index in [0.717, 1.165) is 5.56 Å². The predicted octanol–water partition coefficient (Wildman–Crippen LogP) is 3.55. The second-order valence-corrected chi connectivity index (χ2v) is 5.40. The molecule has 0 atom stereocenters. The van der Waals surface area contributed by atoms with E-state index in [2.05, 4.69) is 21.0 Å². The summed E-state index contributed by atoms with van der Waals surface area (Å²) in [4.78, 5) is 16.2. The number of carbonyl (C=O) groups is 1. The molecular formula is C17H15ClN4O3. The normalized spacial score (nSPS) is 10.3. The third kappa shape index (κ3) is 4.27. The number of benzene rings is 2. The summed E-state index contributed by atoms with van der Waals surface area (Å²) in [6, 6.07) is 13.9. The second kappa shape index (κ2) is 7.67. The standard InChI is InChI=1S/C17H15ClN4O3/c1-2-24-14-9-5-12(6-10-14)16(23)20-21-17-19-15(22-25-17)11-3-7-13(18)8-4-11/h3-10H,2H2,1H3,(H,20,23)(H,19,21,22). The van der Waals surface area contributed by atoms with Crippen LogP contribution in [0.1, 0.15) is 17.3 Å². The van der Waals surface area contributed by atoms with E-state index in [1.165, 1.54) is 0 Å². The Morgan fingerprint density at radius 1 is 1.16 bits per heavy atom. The number of hydrogen-bond donors (Lipinski definition) is 2. The first-order valence-corrected chi connectivity index (χ1v) is 7.92. The largest absolute Gasteiger partial charge is 0.494 e. The Morgan fingerprint density at radius 3 is 2.56 bits per heavy atom. The van der Waals surface area contributed by atoms with Crippen LogP contribution in [-0.4, -0.2) is 22.7 Å². The number of carbonyl (C=O) groups excluding carboxylic acids is 1. The molecule has 0 aliphatic rings. The van der Waals surface area contributed by atoms with Crippen molar-refractivity contribution in [1.29, 1.82) is 0 Å². The zero-order chi connectivity index (χ0) is 17.6. The highest BCUT2D eigenvalue weighted by atomic mass is 35.5. The average molecular weight is 359 g/mol. The van der Waals surface area contributed by atoms with Crippen LogP contribution in [0.25, 0.3) is 11.4 Å². The molecular weight excluding hydrogens is 344 g/mol. The summed E-state index contributed by atoms with van der Waals surface area (Å²) in [6.45, 7) is 2.47. The quantitative estimate of drug-likeness (QED) is 0.655. The summed E-state index contributed by atoms with van der Waals surface area (Å²) >= 11 is 5.84. The van der Waals surface area contributed by atoms with Gasteiger partial charge in [0, 0.05) is 16.1 Å².